The molecule has 0 amide bonds. The Hall–Kier alpha value is -1.90. The van der Waals surface area contributed by atoms with Crippen molar-refractivity contribution < 1.29 is 9.53 Å². The standard InChI is InChI=1S/C16H17NO2/c1-16(13-10-6-3-7-11-13)15(18)19-14(17-16)12-8-4-2-5-9-12/h2,4-6,8-10,13H,3,7,11H2,1H3/t13?,16-/m0/s1. The molecule has 19 heavy (non-hydrogen) atoms. The van der Waals surface area contributed by atoms with Gasteiger partial charge in [0.1, 0.15) is 0 Å². The summed E-state index contributed by atoms with van der Waals surface area (Å²) in [6, 6.07) is 9.59. The first-order valence-electron chi connectivity index (χ1n) is 6.74. The van der Waals surface area contributed by atoms with Gasteiger partial charge in [-0.25, -0.2) is 9.79 Å². The molecule has 0 fully saturated rings. The Bertz CT molecular complexity index is 547. The van der Waals surface area contributed by atoms with Gasteiger partial charge in [0.15, 0.2) is 5.54 Å². The SMILES string of the molecule is C[C@@]1(C2C=CCCC2)N=C(c2ccccc2)OC1=O. The highest BCUT2D eigenvalue weighted by molar-refractivity contribution is 6.08. The molecule has 3 rings (SSSR count). The lowest BCUT2D eigenvalue weighted by molar-refractivity contribution is -0.139. The molecule has 1 aliphatic carbocycles. The maximum Gasteiger partial charge on any atom is 0.341 e. The van der Waals surface area contributed by atoms with Crippen LogP contribution in [0, 0.1) is 5.92 Å². The van der Waals surface area contributed by atoms with Gasteiger partial charge in [-0.05, 0) is 38.3 Å². The van der Waals surface area contributed by atoms with Crippen molar-refractivity contribution in [2.24, 2.45) is 10.9 Å². The van der Waals surface area contributed by atoms with Crippen LogP contribution in [0.4, 0.5) is 0 Å². The molecule has 0 N–H and O–H groups in total. The Balaban J connectivity index is 1.94. The van der Waals surface area contributed by atoms with Gasteiger partial charge >= 0.3 is 5.97 Å². The summed E-state index contributed by atoms with van der Waals surface area (Å²) >= 11 is 0. The molecule has 0 saturated carbocycles. The third-order valence-electron chi connectivity index (χ3n) is 3.93. The second kappa shape index (κ2) is 4.65. The normalized spacial score (nSPS) is 30.1. The number of esters is 1. The van der Waals surface area contributed by atoms with E-state index in [4.69, 9.17) is 4.74 Å². The van der Waals surface area contributed by atoms with E-state index in [-0.39, 0.29) is 11.9 Å². The molecule has 0 saturated heterocycles. The number of hydrogen-bond donors (Lipinski definition) is 0. The van der Waals surface area contributed by atoms with Crippen molar-refractivity contribution in [2.45, 2.75) is 31.7 Å². The van der Waals surface area contributed by atoms with Crippen molar-refractivity contribution >= 4 is 11.9 Å². The third kappa shape index (κ3) is 2.09. The predicted molar refractivity (Wildman–Crippen MR) is 74.0 cm³/mol. The van der Waals surface area contributed by atoms with Crippen LogP contribution in [0.1, 0.15) is 31.7 Å². The first-order chi connectivity index (χ1) is 9.20. The fourth-order valence-electron chi connectivity index (χ4n) is 2.69. The molecular weight excluding hydrogens is 238 g/mol. The highest BCUT2D eigenvalue weighted by atomic mass is 16.6. The second-order valence-electron chi connectivity index (χ2n) is 5.29. The van der Waals surface area contributed by atoms with Crippen LogP contribution < -0.4 is 0 Å². The summed E-state index contributed by atoms with van der Waals surface area (Å²) in [5.74, 6) is 0.366. The van der Waals surface area contributed by atoms with E-state index in [1.54, 1.807) is 0 Å². The van der Waals surface area contributed by atoms with Crippen LogP contribution in [0.15, 0.2) is 47.5 Å². The van der Waals surface area contributed by atoms with Crippen molar-refractivity contribution in [3.8, 4) is 0 Å². The molecule has 1 aromatic carbocycles. The van der Waals surface area contributed by atoms with Gasteiger partial charge in [0.05, 0.1) is 0 Å². The van der Waals surface area contributed by atoms with Crippen molar-refractivity contribution in [2.75, 3.05) is 0 Å². The largest absolute Gasteiger partial charge is 0.405 e. The molecule has 0 radical (unpaired) electrons. The van der Waals surface area contributed by atoms with Crippen LogP contribution in [0.2, 0.25) is 0 Å². The predicted octanol–water partition coefficient (Wildman–Crippen LogP) is 3.11. The van der Waals surface area contributed by atoms with Crippen LogP contribution in [0.5, 0.6) is 0 Å². The molecule has 3 nitrogen and oxygen atoms in total. The molecule has 0 spiro atoms. The number of carbonyl (C=O) groups is 1. The Labute approximate surface area is 113 Å². The number of carbonyl (C=O) groups excluding carboxylic acids is 1. The highest BCUT2D eigenvalue weighted by Crippen LogP contribution is 2.36. The number of allylic oxidation sites excluding steroid dienone is 1. The third-order valence-corrected chi connectivity index (χ3v) is 3.93. The average Bonchev–Trinajstić information content (AvgIpc) is 2.78. The van der Waals surface area contributed by atoms with Gasteiger partial charge in [-0.2, -0.15) is 0 Å². The lowest BCUT2D eigenvalue weighted by Gasteiger charge is -2.27. The molecule has 0 aromatic heterocycles. The van der Waals surface area contributed by atoms with Crippen LogP contribution in [0.25, 0.3) is 0 Å². The van der Waals surface area contributed by atoms with Gasteiger partial charge in [-0.15, -0.1) is 0 Å². The maximum atomic E-state index is 12.2. The van der Waals surface area contributed by atoms with E-state index in [0.29, 0.717) is 5.90 Å². The van der Waals surface area contributed by atoms with Gasteiger partial charge in [-0.1, -0.05) is 30.4 Å². The topological polar surface area (TPSA) is 38.7 Å². The average molecular weight is 255 g/mol. The lowest BCUT2D eigenvalue weighted by Crippen LogP contribution is -2.38. The number of cyclic esters (lactones) is 1. The zero-order valence-corrected chi connectivity index (χ0v) is 11.0. The second-order valence-corrected chi connectivity index (χ2v) is 5.29. The first-order valence-corrected chi connectivity index (χ1v) is 6.74. The minimum absolute atomic E-state index is 0.148. The van der Waals surface area contributed by atoms with Gasteiger partial charge in [0.25, 0.3) is 0 Å². The number of aliphatic imine (C=N–C) groups is 1. The van der Waals surface area contributed by atoms with Gasteiger partial charge in [0.2, 0.25) is 5.90 Å². The summed E-state index contributed by atoms with van der Waals surface area (Å²) < 4.78 is 5.39. The Morgan fingerprint density at radius 1 is 1.32 bits per heavy atom. The molecule has 1 heterocycles. The Kier molecular flexibility index (Phi) is 2.97. The van der Waals surface area contributed by atoms with Crippen molar-refractivity contribution in [3.63, 3.8) is 0 Å². The van der Waals surface area contributed by atoms with E-state index in [0.717, 1.165) is 24.8 Å². The van der Waals surface area contributed by atoms with Crippen LogP contribution in [-0.4, -0.2) is 17.4 Å². The van der Waals surface area contributed by atoms with E-state index >= 15 is 0 Å². The molecule has 98 valence electrons. The lowest BCUT2D eigenvalue weighted by atomic mass is 9.80. The fraction of sp³-hybridized carbons (Fsp3) is 0.375. The monoisotopic (exact) mass is 255 g/mol. The van der Waals surface area contributed by atoms with Crippen molar-refractivity contribution in [1.82, 2.24) is 0 Å². The van der Waals surface area contributed by atoms with E-state index < -0.39 is 5.54 Å². The zero-order valence-electron chi connectivity index (χ0n) is 11.0. The van der Waals surface area contributed by atoms with E-state index in [9.17, 15) is 4.79 Å². The Morgan fingerprint density at radius 2 is 2.11 bits per heavy atom. The molecule has 2 aliphatic rings. The molecule has 1 aliphatic heterocycles. The molecule has 2 atom stereocenters. The summed E-state index contributed by atoms with van der Waals surface area (Å²) in [5, 5.41) is 0. The van der Waals surface area contributed by atoms with Crippen molar-refractivity contribution in [1.29, 1.82) is 0 Å². The van der Waals surface area contributed by atoms with Crippen LogP contribution >= 0.6 is 0 Å². The summed E-state index contributed by atoms with van der Waals surface area (Å²) in [6.07, 6.45) is 7.45. The maximum absolute atomic E-state index is 12.2. The Morgan fingerprint density at radius 3 is 2.79 bits per heavy atom. The van der Waals surface area contributed by atoms with E-state index in [1.165, 1.54) is 0 Å². The zero-order chi connectivity index (χ0) is 13.3. The molecule has 0 bridgehead atoms. The summed E-state index contributed by atoms with van der Waals surface area (Å²) in [5.41, 5.74) is 0.0987. The molecule has 1 unspecified atom stereocenters. The summed E-state index contributed by atoms with van der Waals surface area (Å²) in [4.78, 5) is 16.8. The molecule has 3 heteroatoms. The number of rotatable bonds is 2. The fourth-order valence-corrected chi connectivity index (χ4v) is 2.69. The van der Waals surface area contributed by atoms with Gasteiger partial charge < -0.3 is 4.74 Å². The first kappa shape index (κ1) is 12.2. The summed E-state index contributed by atoms with van der Waals surface area (Å²) in [6.45, 7) is 1.88. The molecule has 1 aromatic rings. The van der Waals surface area contributed by atoms with Crippen LogP contribution in [-0.2, 0) is 9.53 Å². The minimum atomic E-state index is -0.762. The smallest absolute Gasteiger partial charge is 0.341 e. The van der Waals surface area contributed by atoms with Crippen molar-refractivity contribution in [3.05, 3.63) is 48.0 Å². The quantitative estimate of drug-likeness (QED) is 0.601. The number of nitrogens with zero attached hydrogens (tertiary/aromatic N) is 1. The van der Waals surface area contributed by atoms with Gasteiger partial charge in [-0.3, -0.25) is 0 Å². The summed E-state index contributed by atoms with van der Waals surface area (Å²) in [7, 11) is 0. The number of ether oxygens (including phenoxy) is 1. The van der Waals surface area contributed by atoms with Crippen LogP contribution in [0.3, 0.4) is 0 Å². The molecular formula is C16H17NO2. The minimum Gasteiger partial charge on any atom is -0.405 e. The van der Waals surface area contributed by atoms with E-state index in [1.807, 2.05) is 37.3 Å². The highest BCUT2D eigenvalue weighted by Gasteiger charge is 2.47. The van der Waals surface area contributed by atoms with E-state index in [2.05, 4.69) is 17.1 Å². The number of hydrogen-bond acceptors (Lipinski definition) is 3. The van der Waals surface area contributed by atoms with Gasteiger partial charge in [0, 0.05) is 11.5 Å². The number of benzene rings is 1.